The van der Waals surface area contributed by atoms with Gasteiger partial charge in [-0.1, -0.05) is 24.6 Å². The molecule has 12 heteroatoms. The number of unbranched alkanes of at least 4 members (excludes halogenated alkanes) is 1. The van der Waals surface area contributed by atoms with Gasteiger partial charge in [-0.15, -0.1) is 0 Å². The number of para-hydroxylation sites is 1. The standard InChI is InChI=1S/C25H36N6O5S/c26-10-4-3-7-17(27)22(32)30-20(14-37)23(33)29-19(24(34)31-11-5-9-21(31)25(35)36)12-15-13-28-18-8-2-1-6-16(15)18/h1-2,6,8,13,17,19-21,28,37H,3-5,7,9-12,14,26-27H2,(H,29,33)(H,30,32)(H,35,36). The van der Waals surface area contributed by atoms with Crippen LogP contribution >= 0.6 is 12.6 Å². The zero-order valence-corrected chi connectivity index (χ0v) is 21.6. The van der Waals surface area contributed by atoms with Crippen molar-refractivity contribution < 1.29 is 24.3 Å². The zero-order valence-electron chi connectivity index (χ0n) is 20.7. The van der Waals surface area contributed by atoms with E-state index >= 15 is 0 Å². The van der Waals surface area contributed by atoms with Crippen molar-refractivity contribution in [3.63, 3.8) is 0 Å². The highest BCUT2D eigenvalue weighted by atomic mass is 32.1. The molecule has 0 radical (unpaired) electrons. The maximum atomic E-state index is 13.5. The summed E-state index contributed by atoms with van der Waals surface area (Å²) in [4.78, 5) is 55.5. The first kappa shape index (κ1) is 28.5. The third-order valence-electron chi connectivity index (χ3n) is 6.66. The molecule has 0 bridgehead atoms. The van der Waals surface area contributed by atoms with Crippen LogP contribution in [0.25, 0.3) is 10.9 Å². The molecule has 0 aliphatic carbocycles. The Bertz CT molecular complexity index is 1110. The number of aromatic amines is 1. The predicted molar refractivity (Wildman–Crippen MR) is 143 cm³/mol. The maximum absolute atomic E-state index is 13.5. The molecule has 4 unspecified atom stereocenters. The van der Waals surface area contributed by atoms with Gasteiger partial charge in [0, 0.05) is 35.8 Å². The van der Waals surface area contributed by atoms with Gasteiger partial charge in [0.05, 0.1) is 6.04 Å². The first-order chi connectivity index (χ1) is 17.8. The number of likely N-dealkylation sites (tertiary alicyclic amines) is 1. The van der Waals surface area contributed by atoms with Crippen LogP contribution in [0.2, 0.25) is 0 Å². The Kier molecular flexibility index (Phi) is 10.4. The van der Waals surface area contributed by atoms with E-state index in [0.29, 0.717) is 38.8 Å². The average molecular weight is 533 g/mol. The smallest absolute Gasteiger partial charge is 0.326 e. The molecule has 8 N–H and O–H groups in total. The number of amides is 3. The monoisotopic (exact) mass is 532 g/mol. The summed E-state index contributed by atoms with van der Waals surface area (Å²) in [7, 11) is 0. The van der Waals surface area contributed by atoms with E-state index in [-0.39, 0.29) is 12.2 Å². The van der Waals surface area contributed by atoms with Crippen LogP contribution in [0.15, 0.2) is 30.5 Å². The lowest BCUT2D eigenvalue weighted by molar-refractivity contribution is -0.149. The lowest BCUT2D eigenvalue weighted by Gasteiger charge is -2.28. The first-order valence-electron chi connectivity index (χ1n) is 12.5. The van der Waals surface area contributed by atoms with Crippen molar-refractivity contribution in [3.8, 4) is 0 Å². The summed E-state index contributed by atoms with van der Waals surface area (Å²) >= 11 is 4.21. The van der Waals surface area contributed by atoms with Gasteiger partial charge in [0.1, 0.15) is 18.1 Å². The van der Waals surface area contributed by atoms with Crippen molar-refractivity contribution in [2.24, 2.45) is 11.5 Å². The van der Waals surface area contributed by atoms with Gasteiger partial charge >= 0.3 is 5.97 Å². The van der Waals surface area contributed by atoms with Crippen molar-refractivity contribution in [2.45, 2.75) is 62.7 Å². The van der Waals surface area contributed by atoms with Gasteiger partial charge in [0.25, 0.3) is 0 Å². The van der Waals surface area contributed by atoms with Crippen molar-refractivity contribution in [2.75, 3.05) is 18.8 Å². The molecule has 2 heterocycles. The highest BCUT2D eigenvalue weighted by Crippen LogP contribution is 2.23. The quantitative estimate of drug-likeness (QED) is 0.141. The number of aromatic nitrogens is 1. The first-order valence-corrected chi connectivity index (χ1v) is 13.2. The second-order valence-electron chi connectivity index (χ2n) is 9.29. The number of nitrogens with two attached hydrogens (primary N) is 2. The second kappa shape index (κ2) is 13.5. The van der Waals surface area contributed by atoms with Crippen LogP contribution in [0.1, 0.15) is 37.7 Å². The zero-order chi connectivity index (χ0) is 26.9. The minimum Gasteiger partial charge on any atom is -0.480 e. The molecule has 1 aliphatic rings. The van der Waals surface area contributed by atoms with E-state index < -0.39 is 47.9 Å². The molecule has 11 nitrogen and oxygen atoms in total. The van der Waals surface area contributed by atoms with Gasteiger partial charge in [-0.05, 0) is 43.9 Å². The summed E-state index contributed by atoms with van der Waals surface area (Å²) in [5.41, 5.74) is 13.1. The molecule has 1 aromatic heterocycles. The van der Waals surface area contributed by atoms with Crippen molar-refractivity contribution in [1.29, 1.82) is 0 Å². The molecule has 1 aromatic carbocycles. The summed E-state index contributed by atoms with van der Waals surface area (Å²) in [5.74, 6) is -2.65. The maximum Gasteiger partial charge on any atom is 0.326 e. The number of hydrogen-bond acceptors (Lipinski definition) is 7. The van der Waals surface area contributed by atoms with Crippen molar-refractivity contribution in [1.82, 2.24) is 20.5 Å². The van der Waals surface area contributed by atoms with Crippen LogP contribution in [0, 0.1) is 0 Å². The van der Waals surface area contributed by atoms with Gasteiger partial charge in [0.15, 0.2) is 0 Å². The van der Waals surface area contributed by atoms with Crippen LogP contribution in [0.5, 0.6) is 0 Å². The Morgan fingerprint density at radius 2 is 1.86 bits per heavy atom. The largest absolute Gasteiger partial charge is 0.480 e. The summed E-state index contributed by atoms with van der Waals surface area (Å²) in [5, 5.41) is 15.8. The number of rotatable bonds is 13. The number of aliphatic carboxylic acids is 1. The van der Waals surface area contributed by atoms with Crippen LogP contribution in [0.4, 0.5) is 0 Å². The number of carboxylic acids is 1. The molecule has 1 saturated heterocycles. The average Bonchev–Trinajstić information content (AvgIpc) is 3.54. The Labute approximate surface area is 221 Å². The van der Waals surface area contributed by atoms with Crippen LogP contribution in [0.3, 0.4) is 0 Å². The van der Waals surface area contributed by atoms with E-state index in [1.54, 1.807) is 6.20 Å². The molecule has 3 amide bonds. The summed E-state index contributed by atoms with van der Waals surface area (Å²) < 4.78 is 0. The molecule has 2 aromatic rings. The normalized spacial score (nSPS) is 17.8. The van der Waals surface area contributed by atoms with Crippen molar-refractivity contribution >= 4 is 47.2 Å². The van der Waals surface area contributed by atoms with E-state index in [1.165, 1.54) is 4.90 Å². The molecule has 4 atom stereocenters. The van der Waals surface area contributed by atoms with E-state index in [4.69, 9.17) is 11.5 Å². The van der Waals surface area contributed by atoms with E-state index in [2.05, 4.69) is 28.2 Å². The highest BCUT2D eigenvalue weighted by Gasteiger charge is 2.38. The minimum absolute atomic E-state index is 0.0114. The number of benzene rings is 1. The number of H-pyrrole nitrogens is 1. The molecular weight excluding hydrogens is 496 g/mol. The van der Waals surface area contributed by atoms with Gasteiger partial charge in [0.2, 0.25) is 17.7 Å². The fraction of sp³-hybridized carbons (Fsp3) is 0.520. The fourth-order valence-electron chi connectivity index (χ4n) is 4.59. The van der Waals surface area contributed by atoms with Gasteiger partial charge < -0.3 is 37.1 Å². The van der Waals surface area contributed by atoms with Gasteiger partial charge in [-0.3, -0.25) is 14.4 Å². The number of carbonyl (C=O) groups excluding carboxylic acids is 3. The second-order valence-corrected chi connectivity index (χ2v) is 9.65. The Morgan fingerprint density at radius 1 is 1.14 bits per heavy atom. The lowest BCUT2D eigenvalue weighted by Crippen LogP contribution is -2.58. The molecule has 202 valence electrons. The Hall–Kier alpha value is -3.09. The molecule has 0 saturated carbocycles. The number of carboxylic acid groups (broad SMARTS) is 1. The van der Waals surface area contributed by atoms with Gasteiger partial charge in [-0.2, -0.15) is 12.6 Å². The number of fused-ring (bicyclic) bond motifs is 1. The fourth-order valence-corrected chi connectivity index (χ4v) is 4.85. The van der Waals surface area contributed by atoms with Crippen LogP contribution in [-0.4, -0.2) is 81.7 Å². The van der Waals surface area contributed by atoms with Crippen LogP contribution < -0.4 is 22.1 Å². The summed E-state index contributed by atoms with van der Waals surface area (Å²) in [6.45, 7) is 0.794. The SMILES string of the molecule is NCCCCC(N)C(=O)NC(CS)C(=O)NC(Cc1c[nH]c2ccccc12)C(=O)N1CCCC1C(=O)O. The molecule has 1 fully saturated rings. The van der Waals surface area contributed by atoms with E-state index in [0.717, 1.165) is 22.9 Å². The summed E-state index contributed by atoms with van der Waals surface area (Å²) in [6.07, 6.45) is 4.68. The number of carbonyl (C=O) groups is 4. The highest BCUT2D eigenvalue weighted by molar-refractivity contribution is 7.80. The molecule has 0 spiro atoms. The van der Waals surface area contributed by atoms with Gasteiger partial charge in [-0.25, -0.2) is 4.79 Å². The number of hydrogen-bond donors (Lipinski definition) is 7. The Morgan fingerprint density at radius 3 is 2.57 bits per heavy atom. The van der Waals surface area contributed by atoms with Crippen molar-refractivity contribution in [3.05, 3.63) is 36.0 Å². The van der Waals surface area contributed by atoms with E-state index in [1.807, 2.05) is 24.3 Å². The number of nitrogens with one attached hydrogen (secondary N) is 3. The molecule has 3 rings (SSSR count). The molecular formula is C25H36N6O5S. The Balaban J connectivity index is 1.77. The number of nitrogens with zero attached hydrogens (tertiary/aromatic N) is 1. The summed E-state index contributed by atoms with van der Waals surface area (Å²) in [6, 6.07) is 3.76. The number of thiol groups is 1. The molecule has 1 aliphatic heterocycles. The van der Waals surface area contributed by atoms with Crippen LogP contribution in [-0.2, 0) is 25.6 Å². The minimum atomic E-state index is -1.08. The third-order valence-corrected chi connectivity index (χ3v) is 7.02. The van der Waals surface area contributed by atoms with E-state index in [9.17, 15) is 24.3 Å². The lowest BCUT2D eigenvalue weighted by atomic mass is 10.0. The topological polar surface area (TPSA) is 184 Å². The molecule has 37 heavy (non-hydrogen) atoms. The predicted octanol–water partition coefficient (Wildman–Crippen LogP) is 0.142. The third kappa shape index (κ3) is 7.24.